The first kappa shape index (κ1) is 48.5. The fourth-order valence-corrected chi connectivity index (χ4v) is 6.98. The predicted molar refractivity (Wildman–Crippen MR) is 261 cm³/mol. The number of nitrogen functional groups attached to an aromatic ring is 4. The van der Waals surface area contributed by atoms with Crippen molar-refractivity contribution in [2.24, 2.45) is 5.73 Å². The number of fused-ring (bicyclic) bond motifs is 4. The minimum atomic E-state index is -0.824. The second kappa shape index (κ2) is 19.9. The lowest BCUT2D eigenvalue weighted by atomic mass is 9.96. The van der Waals surface area contributed by atoms with E-state index in [1.54, 1.807) is 60.7 Å². The Hall–Kier alpha value is -11.0. The Bertz CT molecular complexity index is 3680. The van der Waals surface area contributed by atoms with Gasteiger partial charge in [0.05, 0.1) is 49.4 Å². The number of furan rings is 2. The average Bonchev–Trinajstić information content (AvgIpc) is 4.04. The third-order valence-electron chi connectivity index (χ3n) is 10.6. The molecule has 21 nitrogen and oxygen atoms in total. The smallest absolute Gasteiger partial charge is 0.346 e. The highest BCUT2D eigenvalue weighted by Gasteiger charge is 2.32. The summed E-state index contributed by atoms with van der Waals surface area (Å²) in [5.41, 5.74) is 27.4. The third kappa shape index (κ3) is 10.5. The standard InChI is InChI=1S/C17H6O7.C13H13N3O2.C12H12N2O.C10H2O6/c18-13(7-1-3-9-11(5-7)16(21)23-14(9)19)8-2-4-10-12(6-8)17(22)24-15(10)20;14-8-1-3-9(4-2-8)18-10-5-6-12(15)11(7-10)13(16)17;13-9-1-5-11(6-2-9)15-12-7-3-10(14)4-8-12;11-7-3-1-4-6(10(14)16-8(4)12)2-5(3)9(13)15-7/h1-6H;1-7H,14-15H2,(H2,16,17);1-8H,13-14H2;1-2H. The molecule has 11 rings (SSSR count). The maximum Gasteiger partial charge on any atom is 0.346 e. The normalized spacial score (nSPS) is 11.9. The van der Waals surface area contributed by atoms with Gasteiger partial charge >= 0.3 is 46.4 Å². The molecule has 0 aliphatic carbocycles. The van der Waals surface area contributed by atoms with E-state index >= 15 is 0 Å². The number of hydrogen-bond donors (Lipinski definition) is 5. The summed E-state index contributed by atoms with van der Waals surface area (Å²) in [7, 11) is 0. The molecular weight excluding hydrogens is 951 g/mol. The molecule has 7 aromatic carbocycles. The van der Waals surface area contributed by atoms with Gasteiger partial charge in [0.2, 0.25) is 0 Å². The zero-order chi connectivity index (χ0) is 52.2. The number of ketones is 1. The fraction of sp³-hybridized carbons (Fsp3) is 0. The summed E-state index contributed by atoms with van der Waals surface area (Å²) in [4.78, 5) is 114. The van der Waals surface area contributed by atoms with Gasteiger partial charge in [-0.2, -0.15) is 0 Å². The number of hydrogen-bond acceptors (Lipinski definition) is 20. The van der Waals surface area contributed by atoms with Gasteiger partial charge in [0.1, 0.15) is 23.0 Å². The molecule has 9 aromatic rings. The van der Waals surface area contributed by atoms with Crippen molar-refractivity contribution >= 4 is 79.9 Å². The lowest BCUT2D eigenvalue weighted by Gasteiger charge is -2.08. The van der Waals surface area contributed by atoms with Crippen molar-refractivity contribution in [2.75, 3.05) is 22.9 Å². The van der Waals surface area contributed by atoms with Crippen LogP contribution >= 0.6 is 0 Å². The van der Waals surface area contributed by atoms with Gasteiger partial charge < -0.3 is 56.5 Å². The average molecular weight is 984 g/mol. The zero-order valence-electron chi connectivity index (χ0n) is 37.2. The molecule has 0 fully saturated rings. The molecule has 0 atom stereocenters. The van der Waals surface area contributed by atoms with Gasteiger partial charge in [-0.15, -0.1) is 0 Å². The Balaban J connectivity index is 0.000000132. The van der Waals surface area contributed by atoms with Gasteiger partial charge in [0.25, 0.3) is 5.91 Å². The second-order valence-corrected chi connectivity index (χ2v) is 15.5. The van der Waals surface area contributed by atoms with Gasteiger partial charge in [-0.3, -0.25) is 9.59 Å². The van der Waals surface area contributed by atoms with E-state index < -0.39 is 58.1 Å². The van der Waals surface area contributed by atoms with Crippen molar-refractivity contribution in [3.05, 3.63) is 220 Å². The molecule has 0 spiro atoms. The van der Waals surface area contributed by atoms with Crippen molar-refractivity contribution in [1.82, 2.24) is 0 Å². The number of benzene rings is 7. The van der Waals surface area contributed by atoms with Crippen LogP contribution < -0.4 is 60.6 Å². The summed E-state index contributed by atoms with van der Waals surface area (Å²) < 4.78 is 28.8. The number of esters is 4. The predicted octanol–water partition coefficient (Wildman–Crippen LogP) is 5.42. The Morgan fingerprint density at radius 3 is 1.05 bits per heavy atom. The Labute approximate surface area is 407 Å². The molecular formula is C52H33N5O16. The Morgan fingerprint density at radius 2 is 0.699 bits per heavy atom. The van der Waals surface area contributed by atoms with Crippen LogP contribution in [0.4, 0.5) is 22.7 Å². The number of cyclic esters (lactones) is 4. The van der Waals surface area contributed by atoms with E-state index in [-0.39, 0.29) is 60.5 Å². The van der Waals surface area contributed by atoms with Crippen LogP contribution in [0, 0.1) is 0 Å². The van der Waals surface area contributed by atoms with E-state index in [1.165, 1.54) is 42.5 Å². The molecule has 0 saturated heterocycles. The third-order valence-corrected chi connectivity index (χ3v) is 10.6. The van der Waals surface area contributed by atoms with Crippen LogP contribution in [0.25, 0.3) is 21.5 Å². The van der Waals surface area contributed by atoms with E-state index in [0.717, 1.165) is 35.0 Å². The number of rotatable bonds is 7. The fourth-order valence-electron chi connectivity index (χ4n) is 6.98. The van der Waals surface area contributed by atoms with Crippen LogP contribution in [0.2, 0.25) is 0 Å². The highest BCUT2D eigenvalue weighted by Crippen LogP contribution is 2.28. The molecule has 2 aliphatic heterocycles. The van der Waals surface area contributed by atoms with E-state index in [9.17, 15) is 47.9 Å². The van der Waals surface area contributed by atoms with Crippen molar-refractivity contribution in [1.29, 1.82) is 0 Å². The maximum absolute atomic E-state index is 12.5. The molecule has 0 saturated carbocycles. The largest absolute Gasteiger partial charge is 0.457 e. The van der Waals surface area contributed by atoms with Gasteiger partial charge in [0.15, 0.2) is 5.78 Å². The Kier molecular flexibility index (Phi) is 13.2. The van der Waals surface area contributed by atoms with Gasteiger partial charge in [0, 0.05) is 33.9 Å². The van der Waals surface area contributed by atoms with Crippen LogP contribution in [-0.2, 0) is 9.47 Å². The lowest BCUT2D eigenvalue weighted by molar-refractivity contribution is 0.0425. The number of carbonyl (C=O) groups excluding carboxylic acids is 6. The molecule has 21 heteroatoms. The molecule has 10 N–H and O–H groups in total. The first-order valence-electron chi connectivity index (χ1n) is 21.0. The van der Waals surface area contributed by atoms with Gasteiger partial charge in [-0.25, -0.2) is 38.4 Å². The minimum absolute atomic E-state index is 0.0154. The minimum Gasteiger partial charge on any atom is -0.457 e. The zero-order valence-corrected chi connectivity index (χ0v) is 37.2. The maximum atomic E-state index is 12.5. The summed E-state index contributed by atoms with van der Waals surface area (Å²) >= 11 is 0. The molecule has 0 radical (unpaired) electrons. The van der Waals surface area contributed by atoms with Crippen LogP contribution in [-0.4, -0.2) is 35.6 Å². The lowest BCUT2D eigenvalue weighted by Crippen LogP contribution is -2.13. The summed E-state index contributed by atoms with van der Waals surface area (Å²) in [6.45, 7) is 0. The topological polar surface area (TPSA) is 364 Å². The van der Waals surface area contributed by atoms with E-state index in [2.05, 4.69) is 18.3 Å². The molecule has 0 bridgehead atoms. The van der Waals surface area contributed by atoms with E-state index in [0.29, 0.717) is 22.9 Å². The molecule has 362 valence electrons. The first-order chi connectivity index (χ1) is 34.8. The quantitative estimate of drug-likeness (QED) is 0.0576. The SMILES string of the molecule is NC(=O)c1cc(Oc2ccc(N)cc2)ccc1N.Nc1ccc(Oc2ccc(N)cc2)cc1.O=C(c1ccc2c(c1)C(=O)OC2=O)c1ccc2c(c1)C(=O)OC2=O.O=c1oc(=O)c2cc3c(=O)oc(=O)c3cc12. The number of nitrogens with two attached hydrogens (primary N) is 5. The van der Waals surface area contributed by atoms with Crippen LogP contribution in [0.15, 0.2) is 168 Å². The summed E-state index contributed by atoms with van der Waals surface area (Å²) in [6.07, 6.45) is 0. The first-order valence-corrected chi connectivity index (χ1v) is 21.0. The van der Waals surface area contributed by atoms with Gasteiger partial charge in [-0.1, -0.05) is 12.1 Å². The van der Waals surface area contributed by atoms with Crippen LogP contribution in [0.5, 0.6) is 23.0 Å². The number of ether oxygens (including phenoxy) is 4. The summed E-state index contributed by atoms with van der Waals surface area (Å²) in [5.74, 6) is -1.58. The van der Waals surface area contributed by atoms with Crippen LogP contribution in [0.1, 0.15) is 67.7 Å². The molecule has 2 aromatic heterocycles. The molecule has 2 aliphatic rings. The number of carbonyl (C=O) groups is 6. The molecule has 73 heavy (non-hydrogen) atoms. The van der Waals surface area contributed by atoms with E-state index in [4.69, 9.17) is 38.1 Å². The van der Waals surface area contributed by atoms with Gasteiger partial charge in [-0.05, 0) is 127 Å². The van der Waals surface area contributed by atoms with Crippen LogP contribution in [0.3, 0.4) is 0 Å². The van der Waals surface area contributed by atoms with E-state index in [1.807, 2.05) is 24.3 Å². The highest BCUT2D eigenvalue weighted by molar-refractivity contribution is 6.19. The monoisotopic (exact) mass is 983 g/mol. The highest BCUT2D eigenvalue weighted by atomic mass is 16.6. The summed E-state index contributed by atoms with van der Waals surface area (Å²) in [6, 6.07) is 36.4. The number of primary amides is 1. The second-order valence-electron chi connectivity index (χ2n) is 15.5. The van der Waals surface area contributed by atoms with Crippen molar-refractivity contribution in [3.8, 4) is 23.0 Å². The molecule has 4 heterocycles. The molecule has 0 unspecified atom stereocenters. The number of amides is 1. The Morgan fingerprint density at radius 1 is 0.370 bits per heavy atom. The number of anilines is 4. The molecule has 1 amide bonds. The van der Waals surface area contributed by atoms with Crippen molar-refractivity contribution in [3.63, 3.8) is 0 Å². The van der Waals surface area contributed by atoms with Crippen molar-refractivity contribution in [2.45, 2.75) is 0 Å². The summed E-state index contributed by atoms with van der Waals surface area (Å²) in [5, 5.41) is -0.0726. The van der Waals surface area contributed by atoms with Crippen molar-refractivity contribution < 1.29 is 56.5 Å².